The van der Waals surface area contributed by atoms with Crippen LogP contribution in [-0.4, -0.2) is 38.0 Å². The van der Waals surface area contributed by atoms with Crippen molar-refractivity contribution in [1.82, 2.24) is 16.0 Å². The number of hydrogen-bond donors (Lipinski definition) is 3. The van der Waals surface area contributed by atoms with E-state index in [1.54, 1.807) is 0 Å². The van der Waals surface area contributed by atoms with Crippen molar-refractivity contribution in [2.45, 2.75) is 40.0 Å². The summed E-state index contributed by atoms with van der Waals surface area (Å²) in [7, 11) is 0. The van der Waals surface area contributed by atoms with Gasteiger partial charge >= 0.3 is 0 Å². The molecule has 0 aliphatic rings. The van der Waals surface area contributed by atoms with Crippen LogP contribution in [0, 0.1) is 5.92 Å². The maximum Gasteiger partial charge on any atom is 0.221 e. The number of carbonyl (C=O) groups is 2. The Labute approximate surface area is 122 Å². The molecule has 0 bridgehead atoms. The lowest BCUT2D eigenvalue weighted by Gasteiger charge is -2.08. The highest BCUT2D eigenvalue weighted by molar-refractivity contribution is 5.85. The molecule has 0 aromatic rings. The minimum Gasteiger partial charge on any atom is -0.356 e. The van der Waals surface area contributed by atoms with Crippen molar-refractivity contribution in [3.63, 3.8) is 0 Å². The first-order valence-corrected chi connectivity index (χ1v) is 6.80. The lowest BCUT2D eigenvalue weighted by molar-refractivity contribution is -0.122. The van der Waals surface area contributed by atoms with Crippen LogP contribution >= 0.6 is 12.4 Å². The van der Waals surface area contributed by atoms with Gasteiger partial charge < -0.3 is 16.0 Å². The molecule has 114 valence electrons. The van der Waals surface area contributed by atoms with E-state index in [9.17, 15) is 9.59 Å². The van der Waals surface area contributed by atoms with Crippen LogP contribution in [-0.2, 0) is 9.59 Å². The fourth-order valence-electron chi connectivity index (χ4n) is 1.44. The van der Waals surface area contributed by atoms with Gasteiger partial charge in [0.2, 0.25) is 11.8 Å². The lowest BCUT2D eigenvalue weighted by atomic mass is 10.1. The molecule has 0 saturated heterocycles. The van der Waals surface area contributed by atoms with Crippen LogP contribution in [0.25, 0.3) is 0 Å². The van der Waals surface area contributed by atoms with E-state index >= 15 is 0 Å². The van der Waals surface area contributed by atoms with Crippen LogP contribution in [0.1, 0.15) is 40.0 Å². The quantitative estimate of drug-likeness (QED) is 0.528. The van der Waals surface area contributed by atoms with Crippen molar-refractivity contribution < 1.29 is 9.59 Å². The number of halogens is 1. The van der Waals surface area contributed by atoms with Crippen molar-refractivity contribution in [2.75, 3.05) is 26.2 Å². The van der Waals surface area contributed by atoms with E-state index in [0.29, 0.717) is 31.8 Å². The Morgan fingerprint density at radius 1 is 0.947 bits per heavy atom. The summed E-state index contributed by atoms with van der Waals surface area (Å²) < 4.78 is 0. The average Bonchev–Trinajstić information content (AvgIpc) is 2.27. The minimum atomic E-state index is -0.0156. The van der Waals surface area contributed by atoms with Crippen LogP contribution in [0.5, 0.6) is 0 Å². The van der Waals surface area contributed by atoms with E-state index in [0.717, 1.165) is 19.5 Å². The molecule has 3 N–H and O–H groups in total. The van der Waals surface area contributed by atoms with E-state index in [1.165, 1.54) is 0 Å². The van der Waals surface area contributed by atoms with Gasteiger partial charge in [-0.05, 0) is 18.9 Å². The average molecular weight is 294 g/mol. The smallest absolute Gasteiger partial charge is 0.221 e. The highest BCUT2D eigenvalue weighted by Gasteiger charge is 2.05. The van der Waals surface area contributed by atoms with Crippen molar-refractivity contribution in [3.05, 3.63) is 0 Å². The summed E-state index contributed by atoms with van der Waals surface area (Å²) in [4.78, 5) is 22.7. The van der Waals surface area contributed by atoms with E-state index < -0.39 is 0 Å². The molecule has 0 aromatic carbocycles. The molecule has 0 rings (SSSR count). The predicted molar refractivity (Wildman–Crippen MR) is 80.5 cm³/mol. The van der Waals surface area contributed by atoms with Crippen molar-refractivity contribution in [2.24, 2.45) is 5.92 Å². The SMILES string of the molecule is CCCNCCNC(=O)CCNC(=O)CC(C)C.Cl. The maximum absolute atomic E-state index is 11.4. The van der Waals surface area contributed by atoms with Gasteiger partial charge in [0.25, 0.3) is 0 Å². The molecule has 0 unspecified atom stereocenters. The third-order valence-corrected chi connectivity index (χ3v) is 2.32. The number of amides is 2. The summed E-state index contributed by atoms with van der Waals surface area (Å²) in [5.41, 5.74) is 0. The molecule has 0 saturated carbocycles. The van der Waals surface area contributed by atoms with Crippen LogP contribution in [0.4, 0.5) is 0 Å². The van der Waals surface area contributed by atoms with Crippen LogP contribution in [0.3, 0.4) is 0 Å². The highest BCUT2D eigenvalue weighted by atomic mass is 35.5. The van der Waals surface area contributed by atoms with Gasteiger partial charge in [0, 0.05) is 32.5 Å². The molecule has 0 aliphatic carbocycles. The largest absolute Gasteiger partial charge is 0.356 e. The Kier molecular flexibility index (Phi) is 14.7. The molecule has 0 aliphatic heterocycles. The topological polar surface area (TPSA) is 70.2 Å². The van der Waals surface area contributed by atoms with Gasteiger partial charge in [-0.15, -0.1) is 12.4 Å². The van der Waals surface area contributed by atoms with Crippen molar-refractivity contribution in [3.8, 4) is 0 Å². The molecule has 0 radical (unpaired) electrons. The number of nitrogens with one attached hydrogen (secondary N) is 3. The normalized spacial score (nSPS) is 9.89. The Morgan fingerprint density at radius 2 is 1.58 bits per heavy atom. The van der Waals surface area contributed by atoms with Gasteiger partial charge in [-0.25, -0.2) is 0 Å². The second-order valence-electron chi connectivity index (χ2n) is 4.80. The van der Waals surface area contributed by atoms with Gasteiger partial charge in [0.05, 0.1) is 0 Å². The molecule has 6 heteroatoms. The third kappa shape index (κ3) is 15.1. The Morgan fingerprint density at radius 3 is 2.16 bits per heavy atom. The van der Waals surface area contributed by atoms with E-state index in [4.69, 9.17) is 0 Å². The van der Waals surface area contributed by atoms with Crippen LogP contribution in [0.2, 0.25) is 0 Å². The number of carbonyl (C=O) groups excluding carboxylic acids is 2. The fraction of sp³-hybridized carbons (Fsp3) is 0.846. The highest BCUT2D eigenvalue weighted by Crippen LogP contribution is 1.97. The van der Waals surface area contributed by atoms with E-state index in [1.807, 2.05) is 13.8 Å². The summed E-state index contributed by atoms with van der Waals surface area (Å²) in [6.45, 7) is 8.91. The lowest BCUT2D eigenvalue weighted by Crippen LogP contribution is -2.34. The number of hydrogen-bond acceptors (Lipinski definition) is 3. The standard InChI is InChI=1S/C13H27N3O2.ClH/c1-4-6-14-8-9-16-12(17)5-7-15-13(18)10-11(2)3;/h11,14H,4-10H2,1-3H3,(H,15,18)(H,16,17);1H. The second kappa shape index (κ2) is 13.6. The molecule has 0 spiro atoms. The van der Waals surface area contributed by atoms with Gasteiger partial charge in [0.1, 0.15) is 0 Å². The second-order valence-corrected chi connectivity index (χ2v) is 4.80. The Balaban J connectivity index is 0. The Hall–Kier alpha value is -0.810. The molecule has 0 fully saturated rings. The zero-order chi connectivity index (χ0) is 13.8. The molecule has 0 heterocycles. The molecule has 0 aromatic heterocycles. The first-order valence-electron chi connectivity index (χ1n) is 6.80. The van der Waals surface area contributed by atoms with Crippen LogP contribution < -0.4 is 16.0 Å². The summed E-state index contributed by atoms with van der Waals surface area (Å²) in [6, 6.07) is 0. The van der Waals surface area contributed by atoms with Gasteiger partial charge in [0.15, 0.2) is 0 Å². The molecule has 19 heavy (non-hydrogen) atoms. The summed E-state index contributed by atoms with van der Waals surface area (Å²) in [6.07, 6.45) is 1.95. The fourth-order valence-corrected chi connectivity index (χ4v) is 1.44. The van der Waals surface area contributed by atoms with Crippen molar-refractivity contribution in [1.29, 1.82) is 0 Å². The van der Waals surface area contributed by atoms with Gasteiger partial charge in [-0.2, -0.15) is 0 Å². The molecular formula is C13H28ClN3O2. The maximum atomic E-state index is 11.4. The first-order chi connectivity index (χ1) is 8.56. The van der Waals surface area contributed by atoms with Crippen molar-refractivity contribution >= 4 is 24.2 Å². The molecule has 2 amide bonds. The van der Waals surface area contributed by atoms with Crippen LogP contribution in [0.15, 0.2) is 0 Å². The van der Waals surface area contributed by atoms with Gasteiger partial charge in [-0.1, -0.05) is 20.8 Å². The zero-order valence-electron chi connectivity index (χ0n) is 12.3. The predicted octanol–water partition coefficient (Wildman–Crippen LogP) is 1.08. The van der Waals surface area contributed by atoms with E-state index in [-0.39, 0.29) is 24.2 Å². The Bertz CT molecular complexity index is 248. The molecular weight excluding hydrogens is 266 g/mol. The third-order valence-electron chi connectivity index (χ3n) is 2.32. The number of rotatable bonds is 10. The summed E-state index contributed by atoms with van der Waals surface area (Å²) in [5.74, 6) is 0.351. The first kappa shape index (κ1) is 20.5. The summed E-state index contributed by atoms with van der Waals surface area (Å²) in [5, 5.41) is 8.75. The minimum absolute atomic E-state index is 0. The molecule has 5 nitrogen and oxygen atoms in total. The zero-order valence-corrected chi connectivity index (χ0v) is 13.1. The monoisotopic (exact) mass is 293 g/mol. The van der Waals surface area contributed by atoms with Gasteiger partial charge in [-0.3, -0.25) is 9.59 Å². The summed E-state index contributed by atoms with van der Waals surface area (Å²) >= 11 is 0. The van der Waals surface area contributed by atoms with E-state index in [2.05, 4.69) is 22.9 Å². The molecule has 0 atom stereocenters.